The third-order valence-corrected chi connectivity index (χ3v) is 4.86. The normalized spacial score (nSPS) is 14.1. The van der Waals surface area contributed by atoms with E-state index in [1.54, 1.807) is 10.7 Å². The Kier molecular flexibility index (Phi) is 5.98. The Bertz CT molecular complexity index is 898. The van der Waals surface area contributed by atoms with Crippen LogP contribution in [-0.2, 0) is 6.54 Å². The van der Waals surface area contributed by atoms with Crippen LogP contribution in [0.3, 0.4) is 0 Å². The molecule has 0 unspecified atom stereocenters. The number of rotatable bonds is 5. The second-order valence-corrected chi connectivity index (χ2v) is 6.64. The molecule has 1 fully saturated rings. The number of hydrogen-bond donors (Lipinski definition) is 2. The summed E-state index contributed by atoms with van der Waals surface area (Å²) in [6, 6.07) is 13.5. The molecule has 1 saturated carbocycles. The molecule has 2 aromatic heterocycles. The zero-order valence-electron chi connectivity index (χ0n) is 14.9. The Labute approximate surface area is 164 Å². The van der Waals surface area contributed by atoms with Gasteiger partial charge in [-0.3, -0.25) is 4.79 Å². The number of aromatic nitrogens is 2. The third kappa shape index (κ3) is 4.07. The van der Waals surface area contributed by atoms with Crippen LogP contribution in [-0.4, -0.2) is 15.7 Å². The van der Waals surface area contributed by atoms with E-state index < -0.39 is 0 Å². The predicted octanol–water partition coefficient (Wildman–Crippen LogP) is 4.26. The van der Waals surface area contributed by atoms with Gasteiger partial charge in [0.15, 0.2) is 0 Å². The van der Waals surface area contributed by atoms with Gasteiger partial charge in [-0.15, -0.1) is 12.4 Å². The number of halogens is 1. The fourth-order valence-corrected chi connectivity index (χ4v) is 3.47. The fourth-order valence-electron chi connectivity index (χ4n) is 3.47. The van der Waals surface area contributed by atoms with Crippen LogP contribution in [0.25, 0.3) is 5.69 Å². The number of furan rings is 1. The Hall–Kier alpha value is -2.57. The van der Waals surface area contributed by atoms with Gasteiger partial charge in [0.25, 0.3) is 5.91 Å². The molecular formula is C20H23ClN4O2. The van der Waals surface area contributed by atoms with Gasteiger partial charge in [-0.2, -0.15) is 5.10 Å². The first-order valence-corrected chi connectivity index (χ1v) is 8.99. The van der Waals surface area contributed by atoms with Crippen LogP contribution in [0.4, 0.5) is 5.82 Å². The van der Waals surface area contributed by atoms with Crippen LogP contribution in [0, 0.1) is 0 Å². The van der Waals surface area contributed by atoms with Gasteiger partial charge in [0, 0.05) is 12.0 Å². The number of anilines is 1. The Morgan fingerprint density at radius 1 is 1.22 bits per heavy atom. The van der Waals surface area contributed by atoms with Crippen LogP contribution in [0.5, 0.6) is 0 Å². The lowest BCUT2D eigenvalue weighted by atomic mass is 10.0. The first kappa shape index (κ1) is 19.2. The summed E-state index contributed by atoms with van der Waals surface area (Å²) in [6.45, 7) is 0.265. The molecule has 0 aliphatic heterocycles. The molecule has 0 saturated heterocycles. The van der Waals surface area contributed by atoms with E-state index in [-0.39, 0.29) is 24.9 Å². The van der Waals surface area contributed by atoms with Crippen LogP contribution in [0.15, 0.2) is 53.1 Å². The molecular weight excluding hydrogens is 364 g/mol. The summed E-state index contributed by atoms with van der Waals surface area (Å²) in [7, 11) is 0. The van der Waals surface area contributed by atoms with Crippen LogP contribution < -0.4 is 11.1 Å². The van der Waals surface area contributed by atoms with Crippen LogP contribution in [0.1, 0.15) is 53.4 Å². The van der Waals surface area contributed by atoms with Gasteiger partial charge in [0.1, 0.15) is 17.8 Å². The van der Waals surface area contributed by atoms with Gasteiger partial charge >= 0.3 is 0 Å². The lowest BCUT2D eigenvalue weighted by Gasteiger charge is -2.08. The number of carbonyl (C=O) groups is 1. The van der Waals surface area contributed by atoms with Gasteiger partial charge in [-0.1, -0.05) is 31.0 Å². The number of nitrogens with one attached hydrogen (secondary N) is 1. The third-order valence-electron chi connectivity index (χ3n) is 4.86. The molecule has 0 bridgehead atoms. The maximum atomic E-state index is 12.6. The van der Waals surface area contributed by atoms with Crippen molar-refractivity contribution in [2.24, 2.45) is 5.73 Å². The smallest absolute Gasteiger partial charge is 0.260 e. The van der Waals surface area contributed by atoms with E-state index in [4.69, 9.17) is 15.2 Å². The topological polar surface area (TPSA) is 86.1 Å². The van der Waals surface area contributed by atoms with E-state index >= 15 is 0 Å². The van der Waals surface area contributed by atoms with Crippen molar-refractivity contribution in [3.8, 4) is 5.69 Å². The summed E-state index contributed by atoms with van der Waals surface area (Å²) in [5, 5.41) is 7.76. The second kappa shape index (κ2) is 8.41. The van der Waals surface area contributed by atoms with Gasteiger partial charge in [-0.25, -0.2) is 4.68 Å². The lowest BCUT2D eigenvalue weighted by molar-refractivity contribution is 0.102. The maximum Gasteiger partial charge on any atom is 0.260 e. The van der Waals surface area contributed by atoms with Crippen molar-refractivity contribution >= 4 is 24.1 Å². The molecule has 6 nitrogen and oxygen atoms in total. The van der Waals surface area contributed by atoms with E-state index in [0.717, 1.165) is 24.2 Å². The molecule has 3 N–H and O–H groups in total. The van der Waals surface area contributed by atoms with Crippen molar-refractivity contribution in [3.63, 3.8) is 0 Å². The highest BCUT2D eigenvalue weighted by atomic mass is 35.5. The zero-order chi connectivity index (χ0) is 17.9. The van der Waals surface area contributed by atoms with E-state index in [9.17, 15) is 4.79 Å². The van der Waals surface area contributed by atoms with E-state index in [1.165, 1.54) is 19.1 Å². The minimum atomic E-state index is -0.233. The van der Waals surface area contributed by atoms with Crippen molar-refractivity contribution in [2.75, 3.05) is 5.32 Å². The molecule has 3 aromatic rings. The first-order chi connectivity index (χ1) is 12.7. The Balaban J connectivity index is 0.00000210. The summed E-state index contributed by atoms with van der Waals surface area (Å²) in [5.41, 5.74) is 7.96. The monoisotopic (exact) mass is 386 g/mol. The van der Waals surface area contributed by atoms with Crippen LogP contribution in [0.2, 0.25) is 0 Å². The Morgan fingerprint density at radius 2 is 1.96 bits per heavy atom. The highest BCUT2D eigenvalue weighted by Gasteiger charge is 2.23. The standard InChI is InChI=1S/C20H22N4O2.ClH/c21-12-17-10-15(13-26-17)20(25)22-19-11-18(14-6-4-5-7-14)23-24(19)16-8-2-1-3-9-16;/h1-3,8-11,13-14H,4-7,12,21H2,(H,22,25);1H. The molecule has 0 atom stereocenters. The minimum absolute atomic E-state index is 0. The number of benzene rings is 1. The summed E-state index contributed by atoms with van der Waals surface area (Å²) in [6.07, 6.45) is 6.21. The number of para-hydroxylation sites is 1. The van der Waals surface area contributed by atoms with Gasteiger partial charge in [0.2, 0.25) is 0 Å². The average Bonchev–Trinajstić information content (AvgIpc) is 3.42. The maximum absolute atomic E-state index is 12.6. The van der Waals surface area contributed by atoms with Gasteiger partial charge < -0.3 is 15.5 Å². The summed E-state index contributed by atoms with van der Waals surface area (Å²) >= 11 is 0. The number of carbonyl (C=O) groups excluding carboxylic acids is 1. The summed E-state index contributed by atoms with van der Waals surface area (Å²) in [5.74, 6) is 1.48. The number of hydrogen-bond acceptors (Lipinski definition) is 4. The van der Waals surface area contributed by atoms with Crippen molar-refractivity contribution in [2.45, 2.75) is 38.1 Å². The van der Waals surface area contributed by atoms with Crippen molar-refractivity contribution < 1.29 is 9.21 Å². The fraction of sp³-hybridized carbons (Fsp3) is 0.300. The molecule has 27 heavy (non-hydrogen) atoms. The average molecular weight is 387 g/mol. The van der Waals surface area contributed by atoms with Gasteiger partial charge in [-0.05, 0) is 31.0 Å². The van der Waals surface area contributed by atoms with Crippen molar-refractivity contribution in [1.82, 2.24) is 9.78 Å². The molecule has 2 heterocycles. The van der Waals surface area contributed by atoms with E-state index in [1.807, 2.05) is 36.4 Å². The summed E-state index contributed by atoms with van der Waals surface area (Å²) in [4.78, 5) is 12.6. The van der Waals surface area contributed by atoms with Crippen molar-refractivity contribution in [3.05, 3.63) is 65.7 Å². The largest absolute Gasteiger partial charge is 0.467 e. The molecule has 1 aromatic carbocycles. The first-order valence-electron chi connectivity index (χ1n) is 8.99. The van der Waals surface area contributed by atoms with Crippen LogP contribution >= 0.6 is 12.4 Å². The van der Waals surface area contributed by atoms with E-state index in [2.05, 4.69) is 5.32 Å². The van der Waals surface area contributed by atoms with Crippen molar-refractivity contribution in [1.29, 1.82) is 0 Å². The second-order valence-electron chi connectivity index (χ2n) is 6.64. The molecule has 1 amide bonds. The summed E-state index contributed by atoms with van der Waals surface area (Å²) < 4.78 is 7.07. The van der Waals surface area contributed by atoms with E-state index in [0.29, 0.717) is 23.1 Å². The number of nitrogens with two attached hydrogens (primary N) is 1. The molecule has 1 aliphatic carbocycles. The minimum Gasteiger partial charge on any atom is -0.467 e. The molecule has 4 rings (SSSR count). The highest BCUT2D eigenvalue weighted by molar-refractivity contribution is 6.03. The molecule has 7 heteroatoms. The molecule has 1 aliphatic rings. The molecule has 142 valence electrons. The zero-order valence-corrected chi connectivity index (χ0v) is 15.7. The lowest BCUT2D eigenvalue weighted by Crippen LogP contribution is -2.14. The quantitative estimate of drug-likeness (QED) is 0.686. The highest BCUT2D eigenvalue weighted by Crippen LogP contribution is 2.35. The predicted molar refractivity (Wildman–Crippen MR) is 107 cm³/mol. The molecule has 0 radical (unpaired) electrons. The Morgan fingerprint density at radius 3 is 2.63 bits per heavy atom. The number of nitrogens with zero attached hydrogens (tertiary/aromatic N) is 2. The van der Waals surface area contributed by atoms with Gasteiger partial charge in [0.05, 0.1) is 23.5 Å². The molecule has 0 spiro atoms. The number of amides is 1. The SMILES string of the molecule is Cl.NCc1cc(C(=O)Nc2cc(C3CCCC3)nn2-c2ccccc2)co1.